The van der Waals surface area contributed by atoms with Gasteiger partial charge in [0.15, 0.2) is 11.4 Å². The van der Waals surface area contributed by atoms with Crippen molar-refractivity contribution >= 4 is 17.2 Å². The summed E-state index contributed by atoms with van der Waals surface area (Å²) in [6, 6.07) is 16.5. The maximum absolute atomic E-state index is 15.7. The predicted molar refractivity (Wildman–Crippen MR) is 164 cm³/mol. The van der Waals surface area contributed by atoms with Crippen LogP contribution in [-0.4, -0.2) is 73.2 Å². The Morgan fingerprint density at radius 1 is 1.14 bits per heavy atom. The molecule has 10 heteroatoms. The average molecular weight is 600 g/mol. The molecule has 9 nitrogen and oxygen atoms in total. The van der Waals surface area contributed by atoms with Crippen LogP contribution in [0.1, 0.15) is 79.3 Å². The molecular formula is C34H38FN5O4. The van der Waals surface area contributed by atoms with Crippen molar-refractivity contribution in [2.24, 2.45) is 0 Å². The summed E-state index contributed by atoms with van der Waals surface area (Å²) in [5.74, 6) is -1.56. The first-order valence-corrected chi connectivity index (χ1v) is 15.5. The van der Waals surface area contributed by atoms with E-state index in [1.807, 2.05) is 34.1 Å². The van der Waals surface area contributed by atoms with Gasteiger partial charge in [-0.05, 0) is 81.8 Å². The van der Waals surface area contributed by atoms with Crippen molar-refractivity contribution in [2.45, 2.75) is 76.3 Å². The first-order valence-electron chi connectivity index (χ1n) is 15.5. The first kappa shape index (κ1) is 28.9. The molecule has 2 aromatic heterocycles. The Balaban J connectivity index is 1.18. The van der Waals surface area contributed by atoms with Crippen LogP contribution in [0.5, 0.6) is 0 Å². The van der Waals surface area contributed by atoms with Gasteiger partial charge in [-0.25, -0.2) is 13.9 Å². The monoisotopic (exact) mass is 599 g/mol. The van der Waals surface area contributed by atoms with Crippen molar-refractivity contribution in [3.8, 4) is 11.3 Å². The van der Waals surface area contributed by atoms with E-state index in [1.54, 1.807) is 30.5 Å². The lowest BCUT2D eigenvalue weighted by molar-refractivity contribution is -0.200. The second kappa shape index (κ2) is 10.9. The molecule has 230 valence electrons. The van der Waals surface area contributed by atoms with Crippen molar-refractivity contribution < 1.29 is 24.1 Å². The van der Waals surface area contributed by atoms with Crippen molar-refractivity contribution in [1.82, 2.24) is 19.5 Å². The van der Waals surface area contributed by atoms with Crippen molar-refractivity contribution in [2.75, 3.05) is 24.6 Å². The van der Waals surface area contributed by atoms with Crippen LogP contribution in [0, 0.1) is 5.82 Å². The maximum Gasteiger partial charge on any atom is 0.273 e. The van der Waals surface area contributed by atoms with E-state index >= 15 is 4.39 Å². The number of benzene rings is 2. The number of hydrogen-bond donors (Lipinski definition) is 2. The molecule has 4 aromatic rings. The van der Waals surface area contributed by atoms with E-state index < -0.39 is 11.6 Å². The SMILES string of the molecule is C[C@@H]1c2ccccc2CCN1C(=O)c1cc(C2CC2)n2nc(-c3ccc(N4C[C@H](OC(C)(C)O)C[C@H]4CO)cc3F)cc2n1. The standard InChI is InChI=1S/C34H38FN5O4/c1-20-26-7-5-4-6-21(26)12-13-38(20)33(42)30-16-31(22-8-9-22)40-32(36-30)17-29(37-40)27-11-10-23(15-28(27)35)39-18-25(14-24(39)19-41)44-34(2,3)43/h4-7,10-11,15-17,20,22,24-25,41,43H,8-9,12-14,18-19H2,1-3H3/t20-,24+,25-/m1/s1. The first-order chi connectivity index (χ1) is 21.1. The summed E-state index contributed by atoms with van der Waals surface area (Å²) in [5.41, 5.74) is 5.67. The molecule has 4 heterocycles. The van der Waals surface area contributed by atoms with Crippen LogP contribution in [0.25, 0.3) is 16.9 Å². The number of aliphatic hydroxyl groups is 2. The van der Waals surface area contributed by atoms with E-state index in [2.05, 4.69) is 19.1 Å². The van der Waals surface area contributed by atoms with E-state index in [-0.39, 0.29) is 36.6 Å². The largest absolute Gasteiger partial charge is 0.394 e. The summed E-state index contributed by atoms with van der Waals surface area (Å²) in [7, 11) is 0. The predicted octanol–water partition coefficient (Wildman–Crippen LogP) is 4.86. The number of anilines is 1. The number of hydrogen-bond acceptors (Lipinski definition) is 7. The Morgan fingerprint density at radius 3 is 2.66 bits per heavy atom. The molecule has 1 saturated heterocycles. The second-order valence-corrected chi connectivity index (χ2v) is 12.8. The van der Waals surface area contributed by atoms with E-state index in [9.17, 15) is 15.0 Å². The third kappa shape index (κ3) is 5.35. The third-order valence-corrected chi connectivity index (χ3v) is 9.13. The van der Waals surface area contributed by atoms with Gasteiger partial charge in [0.2, 0.25) is 0 Å². The number of halogens is 1. The van der Waals surface area contributed by atoms with Crippen LogP contribution in [0.15, 0.2) is 54.6 Å². The molecular weight excluding hydrogens is 561 g/mol. The molecule has 1 aliphatic carbocycles. The minimum Gasteiger partial charge on any atom is -0.394 e. The molecule has 2 N–H and O–H groups in total. The van der Waals surface area contributed by atoms with Crippen LogP contribution < -0.4 is 4.90 Å². The summed E-state index contributed by atoms with van der Waals surface area (Å²) in [6.45, 7) is 6.15. The molecule has 2 fully saturated rings. The number of carbonyl (C=O) groups excluding carboxylic acids is 1. The van der Waals surface area contributed by atoms with Crippen molar-refractivity contribution in [3.05, 3.63) is 82.9 Å². The summed E-state index contributed by atoms with van der Waals surface area (Å²) < 4.78 is 23.2. The number of aliphatic hydroxyl groups excluding tert-OH is 1. The van der Waals surface area contributed by atoms with Gasteiger partial charge in [0, 0.05) is 42.0 Å². The number of ether oxygens (including phenoxy) is 1. The van der Waals surface area contributed by atoms with Crippen LogP contribution >= 0.6 is 0 Å². The third-order valence-electron chi connectivity index (χ3n) is 9.13. The molecule has 3 aliphatic rings. The van der Waals surface area contributed by atoms with E-state index in [0.717, 1.165) is 25.0 Å². The highest BCUT2D eigenvalue weighted by Gasteiger charge is 2.36. The van der Waals surface area contributed by atoms with Crippen molar-refractivity contribution in [1.29, 1.82) is 0 Å². The van der Waals surface area contributed by atoms with Crippen molar-refractivity contribution in [3.63, 3.8) is 0 Å². The summed E-state index contributed by atoms with van der Waals surface area (Å²) in [4.78, 5) is 22.4. The molecule has 0 spiro atoms. The molecule has 3 atom stereocenters. The molecule has 1 saturated carbocycles. The topological polar surface area (TPSA) is 103 Å². The molecule has 44 heavy (non-hydrogen) atoms. The Kier molecular flexibility index (Phi) is 7.18. The fourth-order valence-electron chi connectivity index (χ4n) is 6.85. The summed E-state index contributed by atoms with van der Waals surface area (Å²) >= 11 is 0. The highest BCUT2D eigenvalue weighted by atomic mass is 19.1. The number of carbonyl (C=O) groups is 1. The number of aromatic nitrogens is 3. The van der Waals surface area contributed by atoms with Gasteiger partial charge >= 0.3 is 0 Å². The Morgan fingerprint density at radius 2 is 1.93 bits per heavy atom. The number of nitrogens with zero attached hydrogens (tertiary/aromatic N) is 5. The van der Waals surface area contributed by atoms with Gasteiger partial charge in [-0.1, -0.05) is 24.3 Å². The second-order valence-electron chi connectivity index (χ2n) is 12.8. The molecule has 0 unspecified atom stereocenters. The van der Waals surface area contributed by atoms with Crippen LogP contribution in [-0.2, 0) is 11.2 Å². The smallest absolute Gasteiger partial charge is 0.273 e. The van der Waals surface area contributed by atoms with Gasteiger partial charge in [-0.15, -0.1) is 0 Å². The Labute approximate surface area is 255 Å². The van der Waals surface area contributed by atoms with Gasteiger partial charge in [-0.2, -0.15) is 5.10 Å². The van der Waals surface area contributed by atoms with E-state index in [0.29, 0.717) is 47.8 Å². The Hall–Kier alpha value is -3.86. The number of amides is 1. The van der Waals surface area contributed by atoms with Gasteiger partial charge in [0.1, 0.15) is 11.5 Å². The molecule has 1 amide bonds. The van der Waals surface area contributed by atoms with Gasteiger partial charge < -0.3 is 24.7 Å². The van der Waals surface area contributed by atoms with Gasteiger partial charge in [0.05, 0.1) is 30.5 Å². The lowest BCUT2D eigenvalue weighted by Gasteiger charge is -2.35. The highest BCUT2D eigenvalue weighted by molar-refractivity contribution is 5.93. The Bertz CT molecular complexity index is 1730. The molecule has 7 rings (SSSR count). The van der Waals surface area contributed by atoms with Gasteiger partial charge in [-0.3, -0.25) is 4.79 Å². The fourth-order valence-corrected chi connectivity index (χ4v) is 6.85. The maximum atomic E-state index is 15.7. The minimum atomic E-state index is -1.30. The molecule has 0 radical (unpaired) electrons. The van der Waals surface area contributed by atoms with Gasteiger partial charge in [0.25, 0.3) is 5.91 Å². The molecule has 2 aromatic carbocycles. The number of rotatable bonds is 7. The van der Waals surface area contributed by atoms with E-state index in [1.165, 1.54) is 17.2 Å². The average Bonchev–Trinajstić information content (AvgIpc) is 3.63. The van der Waals surface area contributed by atoms with Crippen LogP contribution in [0.2, 0.25) is 0 Å². The van der Waals surface area contributed by atoms with Crippen LogP contribution in [0.3, 0.4) is 0 Å². The lowest BCUT2D eigenvalue weighted by Crippen LogP contribution is -2.39. The molecule has 0 bridgehead atoms. The normalized spacial score (nSPS) is 22.1. The lowest BCUT2D eigenvalue weighted by atomic mass is 9.93. The zero-order valence-corrected chi connectivity index (χ0v) is 25.3. The fraction of sp³-hybridized carbons (Fsp3) is 0.441. The zero-order valence-electron chi connectivity index (χ0n) is 25.3. The van der Waals surface area contributed by atoms with Crippen LogP contribution in [0.4, 0.5) is 10.1 Å². The zero-order chi connectivity index (χ0) is 30.7. The highest BCUT2D eigenvalue weighted by Crippen LogP contribution is 2.41. The van der Waals surface area contributed by atoms with E-state index in [4.69, 9.17) is 14.8 Å². The number of fused-ring (bicyclic) bond motifs is 2. The quantitative estimate of drug-likeness (QED) is 0.293. The summed E-state index contributed by atoms with van der Waals surface area (Å²) in [6.07, 6.45) is 3.06. The minimum absolute atomic E-state index is 0.0547. The summed E-state index contributed by atoms with van der Waals surface area (Å²) in [5, 5.41) is 24.8. The molecule has 2 aliphatic heterocycles.